The molecule has 0 saturated carbocycles. The van der Waals surface area contributed by atoms with Crippen LogP contribution in [0.5, 0.6) is 17.2 Å². The summed E-state index contributed by atoms with van der Waals surface area (Å²) in [5.41, 5.74) is 0.402. The Morgan fingerprint density at radius 1 is 1.16 bits per heavy atom. The van der Waals surface area contributed by atoms with Gasteiger partial charge in [0.05, 0.1) is 25.1 Å². The summed E-state index contributed by atoms with van der Waals surface area (Å²) in [5, 5.41) is 2.81. The molecular formula is C22H28N2O6S. The maximum absolute atomic E-state index is 13.0. The monoisotopic (exact) mass is 448 g/mol. The minimum absolute atomic E-state index is 0.199. The number of anilines is 1. The lowest BCUT2D eigenvalue weighted by Gasteiger charge is -2.31. The standard InChI is InChI=1S/C22H28N2O6S/c1-4-19(24(31(3,26)27)16-10-12-17(13-11-16)28-5-2)22(25)23-14-18-15-29-20-8-6-7-9-21(20)30-18/h6-13,18-19H,4-5,14-15H2,1-3H3,(H,23,25)/t18-,19+/m1/s1. The van der Waals surface area contributed by atoms with Crippen LogP contribution in [0.25, 0.3) is 0 Å². The van der Waals surface area contributed by atoms with E-state index < -0.39 is 22.0 Å². The lowest BCUT2D eigenvalue weighted by Crippen LogP contribution is -2.51. The number of sulfonamides is 1. The number of hydrogen-bond donors (Lipinski definition) is 1. The largest absolute Gasteiger partial charge is 0.494 e. The molecule has 2 atom stereocenters. The Morgan fingerprint density at radius 2 is 1.84 bits per heavy atom. The van der Waals surface area contributed by atoms with Crippen molar-refractivity contribution in [2.45, 2.75) is 32.4 Å². The highest BCUT2D eigenvalue weighted by molar-refractivity contribution is 7.92. The molecule has 168 valence electrons. The van der Waals surface area contributed by atoms with Gasteiger partial charge in [0.1, 0.15) is 24.5 Å². The summed E-state index contributed by atoms with van der Waals surface area (Å²) in [6, 6.07) is 13.1. The van der Waals surface area contributed by atoms with Gasteiger partial charge >= 0.3 is 0 Å². The van der Waals surface area contributed by atoms with Crippen LogP contribution in [0.1, 0.15) is 20.3 Å². The van der Waals surface area contributed by atoms with Crippen molar-refractivity contribution in [1.29, 1.82) is 0 Å². The molecule has 0 bridgehead atoms. The van der Waals surface area contributed by atoms with Gasteiger partial charge in [0, 0.05) is 0 Å². The molecule has 0 radical (unpaired) electrons. The number of benzene rings is 2. The fourth-order valence-electron chi connectivity index (χ4n) is 3.41. The highest BCUT2D eigenvalue weighted by Crippen LogP contribution is 2.31. The van der Waals surface area contributed by atoms with E-state index in [1.54, 1.807) is 37.3 Å². The molecule has 1 N–H and O–H groups in total. The first-order valence-electron chi connectivity index (χ1n) is 10.2. The minimum atomic E-state index is -3.71. The van der Waals surface area contributed by atoms with Gasteiger partial charge in [-0.2, -0.15) is 0 Å². The van der Waals surface area contributed by atoms with Crippen LogP contribution in [0.3, 0.4) is 0 Å². The molecular weight excluding hydrogens is 420 g/mol. The fraction of sp³-hybridized carbons (Fsp3) is 0.409. The molecule has 3 rings (SSSR count). The smallest absolute Gasteiger partial charge is 0.244 e. The van der Waals surface area contributed by atoms with Gasteiger partial charge in [-0.3, -0.25) is 9.10 Å². The van der Waals surface area contributed by atoms with Gasteiger partial charge in [-0.05, 0) is 49.7 Å². The number of fused-ring (bicyclic) bond motifs is 1. The lowest BCUT2D eigenvalue weighted by molar-refractivity contribution is -0.122. The van der Waals surface area contributed by atoms with Gasteiger partial charge in [-0.25, -0.2) is 8.42 Å². The van der Waals surface area contributed by atoms with E-state index in [0.717, 1.165) is 10.6 Å². The van der Waals surface area contributed by atoms with Gasteiger partial charge in [0.25, 0.3) is 0 Å². The number of rotatable bonds is 9. The van der Waals surface area contributed by atoms with Crippen LogP contribution >= 0.6 is 0 Å². The molecule has 8 nitrogen and oxygen atoms in total. The average molecular weight is 449 g/mol. The Bertz CT molecular complexity index is 993. The molecule has 1 amide bonds. The van der Waals surface area contributed by atoms with Crippen molar-refractivity contribution < 1.29 is 27.4 Å². The van der Waals surface area contributed by atoms with E-state index in [-0.39, 0.29) is 12.6 Å². The van der Waals surface area contributed by atoms with Crippen molar-refractivity contribution in [3.8, 4) is 17.2 Å². The predicted molar refractivity (Wildman–Crippen MR) is 118 cm³/mol. The van der Waals surface area contributed by atoms with Crippen molar-refractivity contribution in [2.75, 3.05) is 30.3 Å². The zero-order valence-corrected chi connectivity index (χ0v) is 18.7. The lowest BCUT2D eigenvalue weighted by atomic mass is 10.1. The summed E-state index contributed by atoms with van der Waals surface area (Å²) in [6.45, 7) is 4.64. The van der Waals surface area contributed by atoms with Crippen LogP contribution in [0.2, 0.25) is 0 Å². The number of ether oxygens (including phenoxy) is 3. The maximum atomic E-state index is 13.0. The van der Waals surface area contributed by atoms with Crippen molar-refractivity contribution in [3.05, 3.63) is 48.5 Å². The molecule has 0 spiro atoms. The van der Waals surface area contributed by atoms with Crippen LogP contribution < -0.4 is 23.8 Å². The third-order valence-corrected chi connectivity index (χ3v) is 5.98. The molecule has 9 heteroatoms. The van der Waals surface area contributed by atoms with Crippen LogP contribution in [-0.4, -0.2) is 52.5 Å². The first kappa shape index (κ1) is 22.7. The Labute approximate surface area is 183 Å². The summed E-state index contributed by atoms with van der Waals surface area (Å²) >= 11 is 0. The number of carbonyl (C=O) groups excluding carboxylic acids is 1. The topological polar surface area (TPSA) is 94.2 Å². The molecule has 1 aliphatic rings. The Kier molecular flexibility index (Phi) is 7.27. The average Bonchev–Trinajstić information content (AvgIpc) is 2.75. The molecule has 2 aromatic rings. The number of nitrogens with one attached hydrogen (secondary N) is 1. The van der Waals surface area contributed by atoms with E-state index in [4.69, 9.17) is 14.2 Å². The molecule has 0 fully saturated rings. The molecule has 2 aromatic carbocycles. The number of carbonyl (C=O) groups is 1. The third-order valence-electron chi connectivity index (χ3n) is 4.80. The second-order valence-corrected chi connectivity index (χ2v) is 9.01. The second kappa shape index (κ2) is 9.91. The van der Waals surface area contributed by atoms with Crippen molar-refractivity contribution in [1.82, 2.24) is 5.32 Å². The summed E-state index contributed by atoms with van der Waals surface area (Å²) in [5.74, 6) is 1.51. The van der Waals surface area contributed by atoms with E-state index >= 15 is 0 Å². The SMILES string of the molecule is CCOc1ccc(N([C@@H](CC)C(=O)NC[C@@H]2COc3ccccc3O2)S(C)(=O)=O)cc1. The summed E-state index contributed by atoms with van der Waals surface area (Å²) in [7, 11) is -3.71. The quantitative estimate of drug-likeness (QED) is 0.634. The maximum Gasteiger partial charge on any atom is 0.244 e. The number of amides is 1. The molecule has 0 unspecified atom stereocenters. The van der Waals surface area contributed by atoms with E-state index in [2.05, 4.69) is 5.32 Å². The van der Waals surface area contributed by atoms with Crippen LogP contribution in [0, 0.1) is 0 Å². The van der Waals surface area contributed by atoms with Gasteiger partial charge < -0.3 is 19.5 Å². The summed E-state index contributed by atoms with van der Waals surface area (Å²) in [6.07, 6.45) is 1.03. The van der Waals surface area contributed by atoms with E-state index in [0.29, 0.717) is 42.6 Å². The third kappa shape index (κ3) is 5.61. The van der Waals surface area contributed by atoms with Crippen LogP contribution in [0.4, 0.5) is 5.69 Å². The molecule has 0 saturated heterocycles. The zero-order chi connectivity index (χ0) is 22.4. The number of nitrogens with zero attached hydrogens (tertiary/aromatic N) is 1. The minimum Gasteiger partial charge on any atom is -0.494 e. The molecule has 31 heavy (non-hydrogen) atoms. The first-order valence-corrected chi connectivity index (χ1v) is 12.1. The van der Waals surface area contributed by atoms with Crippen LogP contribution in [-0.2, 0) is 14.8 Å². The van der Waals surface area contributed by atoms with Gasteiger partial charge in [-0.15, -0.1) is 0 Å². The van der Waals surface area contributed by atoms with E-state index in [1.165, 1.54) is 0 Å². The fourth-order valence-corrected chi connectivity index (χ4v) is 4.62. The Morgan fingerprint density at radius 3 is 2.45 bits per heavy atom. The van der Waals surface area contributed by atoms with Gasteiger partial charge in [0.15, 0.2) is 11.5 Å². The molecule has 0 aromatic heterocycles. The van der Waals surface area contributed by atoms with Gasteiger partial charge in [-0.1, -0.05) is 19.1 Å². The van der Waals surface area contributed by atoms with E-state index in [9.17, 15) is 13.2 Å². The van der Waals surface area contributed by atoms with Crippen molar-refractivity contribution in [3.63, 3.8) is 0 Å². The highest BCUT2D eigenvalue weighted by atomic mass is 32.2. The Hall–Kier alpha value is -2.94. The van der Waals surface area contributed by atoms with Gasteiger partial charge in [0.2, 0.25) is 15.9 Å². The molecule has 1 heterocycles. The van der Waals surface area contributed by atoms with E-state index in [1.807, 2.05) is 25.1 Å². The Balaban J connectivity index is 1.71. The normalized spacial score (nSPS) is 16.3. The zero-order valence-electron chi connectivity index (χ0n) is 17.9. The summed E-state index contributed by atoms with van der Waals surface area (Å²) in [4.78, 5) is 13.0. The van der Waals surface area contributed by atoms with Crippen molar-refractivity contribution in [2.24, 2.45) is 0 Å². The predicted octanol–water partition coefficient (Wildman–Crippen LogP) is 2.59. The second-order valence-electron chi connectivity index (χ2n) is 7.15. The molecule has 1 aliphatic heterocycles. The summed E-state index contributed by atoms with van der Waals surface area (Å²) < 4.78 is 43.2. The first-order chi connectivity index (χ1) is 14.8. The highest BCUT2D eigenvalue weighted by Gasteiger charge is 2.32. The van der Waals surface area contributed by atoms with Crippen molar-refractivity contribution >= 4 is 21.6 Å². The number of para-hydroxylation sites is 2. The number of hydrogen-bond acceptors (Lipinski definition) is 6. The molecule has 0 aliphatic carbocycles. The van der Waals surface area contributed by atoms with Crippen LogP contribution in [0.15, 0.2) is 48.5 Å².